The number of thiophene rings is 1. The molecule has 2 aromatic heterocycles. The first-order valence-corrected chi connectivity index (χ1v) is 7.04. The molecule has 0 bridgehead atoms. The van der Waals surface area contributed by atoms with Crippen LogP contribution in [0.3, 0.4) is 0 Å². The first-order chi connectivity index (χ1) is 9.11. The smallest absolute Gasteiger partial charge is 0.148 e. The lowest BCUT2D eigenvalue weighted by atomic mass is 10.0. The standard InChI is InChI=1S/C13H19N5S/c1-8(2)11-12(16-7-17-13(11)18-14)15-6-10-5-4-9(3)19-10/h4-5,7-8H,6,14H2,1-3H3,(H2,15,16,17,18). The van der Waals surface area contributed by atoms with Gasteiger partial charge >= 0.3 is 0 Å². The fourth-order valence-electron chi connectivity index (χ4n) is 1.95. The first-order valence-electron chi connectivity index (χ1n) is 6.22. The van der Waals surface area contributed by atoms with Crippen LogP contribution in [0.25, 0.3) is 0 Å². The van der Waals surface area contributed by atoms with Crippen molar-refractivity contribution in [3.05, 3.63) is 33.8 Å². The Morgan fingerprint density at radius 1 is 1.26 bits per heavy atom. The van der Waals surface area contributed by atoms with Crippen LogP contribution in [0, 0.1) is 6.92 Å². The molecule has 0 aliphatic carbocycles. The Morgan fingerprint density at radius 3 is 2.58 bits per heavy atom. The van der Waals surface area contributed by atoms with Crippen LogP contribution in [0.4, 0.5) is 11.6 Å². The molecular formula is C13H19N5S. The number of nitrogens with zero attached hydrogens (tertiary/aromatic N) is 2. The SMILES string of the molecule is Cc1ccc(CNc2ncnc(NN)c2C(C)C)s1. The summed E-state index contributed by atoms with van der Waals surface area (Å²) >= 11 is 1.78. The molecule has 4 N–H and O–H groups in total. The Kier molecular flexibility index (Phi) is 4.34. The van der Waals surface area contributed by atoms with Crippen molar-refractivity contribution in [3.8, 4) is 0 Å². The highest BCUT2D eigenvalue weighted by Crippen LogP contribution is 2.28. The summed E-state index contributed by atoms with van der Waals surface area (Å²) in [6, 6.07) is 4.25. The fourth-order valence-corrected chi connectivity index (χ4v) is 2.78. The monoisotopic (exact) mass is 277 g/mol. The molecule has 0 fully saturated rings. The van der Waals surface area contributed by atoms with Gasteiger partial charge in [0, 0.05) is 15.3 Å². The molecule has 0 aliphatic heterocycles. The molecule has 19 heavy (non-hydrogen) atoms. The second-order valence-electron chi connectivity index (χ2n) is 4.65. The van der Waals surface area contributed by atoms with E-state index < -0.39 is 0 Å². The number of hydrogen-bond acceptors (Lipinski definition) is 6. The quantitative estimate of drug-likeness (QED) is 0.579. The zero-order chi connectivity index (χ0) is 13.8. The summed E-state index contributed by atoms with van der Waals surface area (Å²) in [5.74, 6) is 7.31. The van der Waals surface area contributed by atoms with Gasteiger partial charge in [0.15, 0.2) is 0 Å². The Balaban J connectivity index is 2.19. The van der Waals surface area contributed by atoms with E-state index in [1.807, 2.05) is 0 Å². The number of hydrogen-bond donors (Lipinski definition) is 3. The van der Waals surface area contributed by atoms with E-state index in [1.165, 1.54) is 16.1 Å². The molecule has 0 aliphatic rings. The number of nitrogens with one attached hydrogen (secondary N) is 2. The molecule has 0 spiro atoms. The van der Waals surface area contributed by atoms with Gasteiger partial charge in [0.25, 0.3) is 0 Å². The van der Waals surface area contributed by atoms with Gasteiger partial charge in [0.05, 0.1) is 6.54 Å². The Hall–Kier alpha value is -1.66. The van der Waals surface area contributed by atoms with Gasteiger partial charge in [0.2, 0.25) is 0 Å². The van der Waals surface area contributed by atoms with E-state index in [0.717, 1.165) is 17.9 Å². The summed E-state index contributed by atoms with van der Waals surface area (Å²) in [7, 11) is 0. The highest BCUT2D eigenvalue weighted by molar-refractivity contribution is 7.11. The molecule has 2 rings (SSSR count). The maximum absolute atomic E-state index is 5.50. The van der Waals surface area contributed by atoms with Crippen molar-refractivity contribution in [1.82, 2.24) is 9.97 Å². The summed E-state index contributed by atoms with van der Waals surface area (Å²) in [6.07, 6.45) is 1.52. The van der Waals surface area contributed by atoms with Crippen LogP contribution in [0.1, 0.15) is 35.1 Å². The molecule has 0 saturated heterocycles. The Morgan fingerprint density at radius 2 is 2.00 bits per heavy atom. The lowest BCUT2D eigenvalue weighted by molar-refractivity contribution is 0.845. The van der Waals surface area contributed by atoms with Crippen LogP contribution >= 0.6 is 11.3 Å². The zero-order valence-corrected chi connectivity index (χ0v) is 12.2. The van der Waals surface area contributed by atoms with E-state index in [0.29, 0.717) is 11.7 Å². The highest BCUT2D eigenvalue weighted by Gasteiger charge is 2.14. The predicted molar refractivity (Wildman–Crippen MR) is 80.3 cm³/mol. The van der Waals surface area contributed by atoms with E-state index >= 15 is 0 Å². The summed E-state index contributed by atoms with van der Waals surface area (Å²) < 4.78 is 0. The number of rotatable bonds is 5. The number of nitrogen functional groups attached to an aromatic ring is 1. The van der Waals surface area contributed by atoms with Gasteiger partial charge in [-0.3, -0.25) is 0 Å². The molecule has 0 aromatic carbocycles. The van der Waals surface area contributed by atoms with Crippen molar-refractivity contribution in [2.24, 2.45) is 5.84 Å². The molecule has 0 amide bonds. The molecule has 6 heteroatoms. The second-order valence-corrected chi connectivity index (χ2v) is 6.02. The normalized spacial score (nSPS) is 10.8. The molecule has 5 nitrogen and oxygen atoms in total. The molecule has 2 aromatic rings. The topological polar surface area (TPSA) is 75.9 Å². The highest BCUT2D eigenvalue weighted by atomic mass is 32.1. The van der Waals surface area contributed by atoms with Gasteiger partial charge in [-0.15, -0.1) is 11.3 Å². The lowest BCUT2D eigenvalue weighted by Gasteiger charge is -2.16. The van der Waals surface area contributed by atoms with Gasteiger partial charge in [-0.1, -0.05) is 13.8 Å². The van der Waals surface area contributed by atoms with E-state index in [-0.39, 0.29) is 0 Å². The largest absolute Gasteiger partial charge is 0.365 e. The van der Waals surface area contributed by atoms with Crippen LogP contribution < -0.4 is 16.6 Å². The Bertz CT molecular complexity index is 550. The van der Waals surface area contributed by atoms with E-state index in [2.05, 4.69) is 53.6 Å². The summed E-state index contributed by atoms with van der Waals surface area (Å²) in [5.41, 5.74) is 3.64. The van der Waals surface area contributed by atoms with Gasteiger partial charge in [-0.05, 0) is 25.0 Å². The maximum Gasteiger partial charge on any atom is 0.148 e. The van der Waals surface area contributed by atoms with Crippen molar-refractivity contribution < 1.29 is 0 Å². The molecule has 0 radical (unpaired) electrons. The van der Waals surface area contributed by atoms with Crippen LogP contribution in [0.15, 0.2) is 18.5 Å². The van der Waals surface area contributed by atoms with Gasteiger partial charge in [0.1, 0.15) is 18.0 Å². The van der Waals surface area contributed by atoms with Crippen molar-refractivity contribution >= 4 is 23.0 Å². The van der Waals surface area contributed by atoms with Crippen LogP contribution in [-0.2, 0) is 6.54 Å². The van der Waals surface area contributed by atoms with Gasteiger partial charge in [-0.25, -0.2) is 15.8 Å². The average Bonchev–Trinajstić information content (AvgIpc) is 2.81. The third kappa shape index (κ3) is 3.21. The van der Waals surface area contributed by atoms with E-state index in [1.54, 1.807) is 11.3 Å². The summed E-state index contributed by atoms with van der Waals surface area (Å²) in [4.78, 5) is 11.1. The molecule has 102 valence electrons. The Labute approximate surface area is 117 Å². The van der Waals surface area contributed by atoms with Crippen molar-refractivity contribution in [1.29, 1.82) is 0 Å². The van der Waals surface area contributed by atoms with Crippen LogP contribution in [0.5, 0.6) is 0 Å². The van der Waals surface area contributed by atoms with E-state index in [9.17, 15) is 0 Å². The number of hydrazine groups is 1. The van der Waals surface area contributed by atoms with Crippen molar-refractivity contribution in [2.45, 2.75) is 33.2 Å². The minimum Gasteiger partial charge on any atom is -0.365 e. The zero-order valence-electron chi connectivity index (χ0n) is 11.4. The third-order valence-electron chi connectivity index (χ3n) is 2.82. The van der Waals surface area contributed by atoms with Crippen LogP contribution in [0.2, 0.25) is 0 Å². The number of nitrogens with two attached hydrogens (primary N) is 1. The molecule has 0 atom stereocenters. The number of anilines is 2. The predicted octanol–water partition coefficient (Wildman–Crippen LogP) is 2.87. The minimum atomic E-state index is 0.292. The molecule has 0 saturated carbocycles. The average molecular weight is 277 g/mol. The first kappa shape index (κ1) is 13.8. The van der Waals surface area contributed by atoms with Crippen molar-refractivity contribution in [2.75, 3.05) is 10.7 Å². The summed E-state index contributed by atoms with van der Waals surface area (Å²) in [6.45, 7) is 7.06. The van der Waals surface area contributed by atoms with Crippen molar-refractivity contribution in [3.63, 3.8) is 0 Å². The van der Waals surface area contributed by atoms with Gasteiger partial charge in [-0.2, -0.15) is 0 Å². The molecule has 0 unspecified atom stereocenters. The fraction of sp³-hybridized carbons (Fsp3) is 0.385. The molecular weight excluding hydrogens is 258 g/mol. The third-order valence-corrected chi connectivity index (χ3v) is 3.82. The van der Waals surface area contributed by atoms with Crippen LogP contribution in [-0.4, -0.2) is 9.97 Å². The lowest BCUT2D eigenvalue weighted by Crippen LogP contribution is -2.14. The molecule has 2 heterocycles. The maximum atomic E-state index is 5.50. The number of aryl methyl sites for hydroxylation is 1. The number of aromatic nitrogens is 2. The van der Waals surface area contributed by atoms with E-state index in [4.69, 9.17) is 5.84 Å². The van der Waals surface area contributed by atoms with Gasteiger partial charge < -0.3 is 10.7 Å². The minimum absolute atomic E-state index is 0.292. The summed E-state index contributed by atoms with van der Waals surface area (Å²) in [5, 5.41) is 3.36. The second kappa shape index (κ2) is 5.99.